The molecule has 31 heavy (non-hydrogen) atoms. The Morgan fingerprint density at radius 1 is 1.19 bits per heavy atom. The molecule has 0 saturated carbocycles. The molecule has 2 aromatic carbocycles. The van der Waals surface area contributed by atoms with Crippen LogP contribution in [0.2, 0.25) is 5.02 Å². The van der Waals surface area contributed by atoms with Crippen molar-refractivity contribution in [3.05, 3.63) is 64.2 Å². The highest BCUT2D eigenvalue weighted by Crippen LogP contribution is 2.32. The molecule has 9 heteroatoms. The van der Waals surface area contributed by atoms with Crippen molar-refractivity contribution in [1.29, 1.82) is 0 Å². The van der Waals surface area contributed by atoms with Gasteiger partial charge in [-0.05, 0) is 48.7 Å². The van der Waals surface area contributed by atoms with E-state index in [4.69, 9.17) is 11.6 Å². The molecule has 164 valence electrons. The molecule has 0 spiro atoms. The Labute approximate surface area is 192 Å². The van der Waals surface area contributed by atoms with Crippen LogP contribution in [-0.2, 0) is 21.2 Å². The van der Waals surface area contributed by atoms with E-state index in [1.54, 1.807) is 0 Å². The Kier molecular flexibility index (Phi) is 6.32. The molecule has 6 nitrogen and oxygen atoms in total. The van der Waals surface area contributed by atoms with Crippen LogP contribution in [0.25, 0.3) is 0 Å². The lowest BCUT2D eigenvalue weighted by Crippen LogP contribution is -2.38. The normalized spacial score (nSPS) is 21.6. The van der Waals surface area contributed by atoms with Crippen LogP contribution in [0, 0.1) is 13.8 Å². The SMILES string of the molecule is Cc1cccc(NC(=O)CSC2=N[C@@H]3CS(=O)(=O)C[C@@H]3N2Cc2ccc(Cl)cc2)c1C. The van der Waals surface area contributed by atoms with Gasteiger partial charge in [0.15, 0.2) is 15.0 Å². The van der Waals surface area contributed by atoms with Gasteiger partial charge in [0.05, 0.1) is 29.3 Å². The number of thioether (sulfide) groups is 1. The molecule has 2 aliphatic heterocycles. The Balaban J connectivity index is 1.46. The maximum atomic E-state index is 12.6. The van der Waals surface area contributed by atoms with E-state index < -0.39 is 9.84 Å². The van der Waals surface area contributed by atoms with Crippen LogP contribution in [0.3, 0.4) is 0 Å². The van der Waals surface area contributed by atoms with Gasteiger partial charge in [0.1, 0.15) is 0 Å². The summed E-state index contributed by atoms with van der Waals surface area (Å²) in [6.07, 6.45) is 0. The summed E-state index contributed by atoms with van der Waals surface area (Å²) < 4.78 is 24.3. The van der Waals surface area contributed by atoms with Crippen molar-refractivity contribution in [2.24, 2.45) is 4.99 Å². The number of aryl methyl sites for hydroxylation is 1. The quantitative estimate of drug-likeness (QED) is 0.710. The molecule has 4 rings (SSSR count). The lowest BCUT2D eigenvalue weighted by atomic mass is 10.1. The van der Waals surface area contributed by atoms with Gasteiger partial charge in [-0.15, -0.1) is 0 Å². The lowest BCUT2D eigenvalue weighted by Gasteiger charge is -2.26. The number of amides is 1. The summed E-state index contributed by atoms with van der Waals surface area (Å²) in [6, 6.07) is 12.8. The molecule has 0 radical (unpaired) electrons. The summed E-state index contributed by atoms with van der Waals surface area (Å²) in [5, 5.41) is 4.33. The number of carbonyl (C=O) groups is 1. The van der Waals surface area contributed by atoms with E-state index in [0.717, 1.165) is 27.5 Å². The van der Waals surface area contributed by atoms with Gasteiger partial charge in [0, 0.05) is 17.3 Å². The van der Waals surface area contributed by atoms with E-state index in [9.17, 15) is 13.2 Å². The fraction of sp³-hybridized carbons (Fsp3) is 0.364. The number of nitrogens with one attached hydrogen (secondary N) is 1. The highest BCUT2D eigenvalue weighted by Gasteiger charge is 2.46. The van der Waals surface area contributed by atoms with Gasteiger partial charge in [0.25, 0.3) is 0 Å². The number of amidine groups is 1. The number of benzene rings is 2. The maximum Gasteiger partial charge on any atom is 0.234 e. The molecular weight excluding hydrogens is 454 g/mol. The predicted octanol–water partition coefficient (Wildman–Crippen LogP) is 3.67. The minimum Gasteiger partial charge on any atom is -0.341 e. The Hall–Kier alpha value is -2.03. The number of halogens is 1. The number of aliphatic imine (C=N–C) groups is 1. The Bertz CT molecular complexity index is 1130. The monoisotopic (exact) mass is 477 g/mol. The van der Waals surface area contributed by atoms with Crippen LogP contribution >= 0.6 is 23.4 Å². The van der Waals surface area contributed by atoms with Crippen molar-refractivity contribution in [3.8, 4) is 0 Å². The smallest absolute Gasteiger partial charge is 0.234 e. The first kappa shape index (κ1) is 22.2. The number of nitrogens with zero attached hydrogens (tertiary/aromatic N) is 2. The number of carbonyl (C=O) groups excluding carboxylic acids is 1. The minimum absolute atomic E-state index is 0.0630. The molecule has 0 unspecified atom stereocenters. The fourth-order valence-electron chi connectivity index (χ4n) is 3.88. The average Bonchev–Trinajstić information content (AvgIpc) is 3.17. The molecule has 1 fully saturated rings. The first-order chi connectivity index (χ1) is 14.7. The van der Waals surface area contributed by atoms with Gasteiger partial charge in [-0.1, -0.05) is 47.6 Å². The van der Waals surface area contributed by atoms with Crippen LogP contribution < -0.4 is 5.32 Å². The van der Waals surface area contributed by atoms with E-state index in [1.165, 1.54) is 11.8 Å². The predicted molar refractivity (Wildman–Crippen MR) is 128 cm³/mol. The van der Waals surface area contributed by atoms with Crippen molar-refractivity contribution >= 4 is 50.0 Å². The summed E-state index contributed by atoms with van der Waals surface area (Å²) in [7, 11) is -3.10. The lowest BCUT2D eigenvalue weighted by molar-refractivity contribution is -0.113. The van der Waals surface area contributed by atoms with E-state index in [2.05, 4.69) is 10.3 Å². The van der Waals surface area contributed by atoms with Crippen molar-refractivity contribution in [1.82, 2.24) is 4.90 Å². The largest absolute Gasteiger partial charge is 0.341 e. The van der Waals surface area contributed by atoms with Crippen LogP contribution in [0.15, 0.2) is 47.5 Å². The van der Waals surface area contributed by atoms with Crippen molar-refractivity contribution in [2.45, 2.75) is 32.5 Å². The molecule has 2 aliphatic rings. The van der Waals surface area contributed by atoms with Crippen molar-refractivity contribution in [3.63, 3.8) is 0 Å². The summed E-state index contributed by atoms with van der Waals surface area (Å²) >= 11 is 7.34. The summed E-state index contributed by atoms with van der Waals surface area (Å²) in [5.74, 6) is 0.244. The zero-order valence-corrected chi connectivity index (χ0v) is 19.7. The fourth-order valence-corrected chi connectivity index (χ4v) is 6.79. The number of sulfone groups is 1. The highest BCUT2D eigenvalue weighted by molar-refractivity contribution is 8.14. The van der Waals surface area contributed by atoms with Gasteiger partial charge in [0.2, 0.25) is 5.91 Å². The van der Waals surface area contributed by atoms with Gasteiger partial charge in [-0.25, -0.2) is 8.42 Å². The van der Waals surface area contributed by atoms with Crippen LogP contribution in [0.5, 0.6) is 0 Å². The summed E-state index contributed by atoms with van der Waals surface area (Å²) in [6.45, 7) is 4.52. The van der Waals surface area contributed by atoms with E-state index in [-0.39, 0.29) is 35.2 Å². The second kappa shape index (κ2) is 8.84. The molecular formula is C22H24ClN3O3S2. The molecule has 2 heterocycles. The Morgan fingerprint density at radius 3 is 2.68 bits per heavy atom. The third-order valence-electron chi connectivity index (χ3n) is 5.69. The molecule has 1 amide bonds. The maximum absolute atomic E-state index is 12.6. The molecule has 0 aromatic heterocycles. The van der Waals surface area contributed by atoms with Crippen molar-refractivity contribution < 1.29 is 13.2 Å². The van der Waals surface area contributed by atoms with Crippen LogP contribution in [0.1, 0.15) is 16.7 Å². The second-order valence-corrected chi connectivity index (χ2v) is 11.5. The first-order valence-corrected chi connectivity index (χ1v) is 13.2. The van der Waals surface area contributed by atoms with Gasteiger partial charge in [-0.3, -0.25) is 9.79 Å². The molecule has 0 aliphatic carbocycles. The number of anilines is 1. The zero-order valence-electron chi connectivity index (χ0n) is 17.3. The van der Waals surface area contributed by atoms with Crippen LogP contribution in [0.4, 0.5) is 5.69 Å². The Morgan fingerprint density at radius 2 is 1.94 bits per heavy atom. The van der Waals surface area contributed by atoms with E-state index in [1.807, 2.05) is 61.2 Å². The van der Waals surface area contributed by atoms with Gasteiger partial charge in [-0.2, -0.15) is 0 Å². The molecule has 1 saturated heterocycles. The van der Waals surface area contributed by atoms with Crippen molar-refractivity contribution in [2.75, 3.05) is 22.6 Å². The number of hydrogen-bond acceptors (Lipinski definition) is 6. The summed E-state index contributed by atoms with van der Waals surface area (Å²) in [5.41, 5.74) is 3.99. The molecule has 1 N–H and O–H groups in total. The standard InChI is InChI=1S/C22H24ClN3O3S2/c1-14-4-3-5-18(15(14)2)24-21(27)11-30-22-25-19-12-31(28,29)13-20(19)26(22)10-16-6-8-17(23)9-7-16/h3-9,19-20H,10-13H2,1-2H3,(H,24,27)/t19-,20+/m1/s1. The summed E-state index contributed by atoms with van der Waals surface area (Å²) in [4.78, 5) is 19.3. The second-order valence-electron chi connectivity index (χ2n) is 7.96. The highest BCUT2D eigenvalue weighted by atomic mass is 35.5. The molecule has 0 bridgehead atoms. The molecule has 2 aromatic rings. The topological polar surface area (TPSA) is 78.8 Å². The van der Waals surface area contributed by atoms with E-state index in [0.29, 0.717) is 11.6 Å². The third kappa shape index (κ3) is 5.07. The molecule has 2 atom stereocenters. The number of fused-ring (bicyclic) bond motifs is 1. The first-order valence-electron chi connectivity index (χ1n) is 10.00. The zero-order chi connectivity index (χ0) is 22.2. The third-order valence-corrected chi connectivity index (χ3v) is 8.65. The number of rotatable bonds is 5. The average molecular weight is 478 g/mol. The van der Waals surface area contributed by atoms with Crippen LogP contribution in [-0.4, -0.2) is 53.7 Å². The van der Waals surface area contributed by atoms with Gasteiger partial charge >= 0.3 is 0 Å². The number of hydrogen-bond donors (Lipinski definition) is 1. The minimum atomic E-state index is -3.10. The van der Waals surface area contributed by atoms with Gasteiger partial charge < -0.3 is 10.2 Å². The van der Waals surface area contributed by atoms with E-state index >= 15 is 0 Å².